The average molecular weight is 367 g/mol. The van der Waals surface area contributed by atoms with Crippen LogP contribution in [0, 0.1) is 0 Å². The summed E-state index contributed by atoms with van der Waals surface area (Å²) in [5, 5.41) is 3.42. The molecule has 0 fully saturated rings. The molecule has 0 unspecified atom stereocenters. The van der Waals surface area contributed by atoms with Crippen LogP contribution in [0.25, 0.3) is 10.4 Å². The maximum atomic E-state index is 12.8. The lowest BCUT2D eigenvalue weighted by molar-refractivity contribution is 0.634. The van der Waals surface area contributed by atoms with Crippen LogP contribution in [-0.4, -0.2) is 10.5 Å². The zero-order valence-corrected chi connectivity index (χ0v) is 16.3. The standard InChI is InChI=1S/C22H26N2OS/c1-17(2)24-22(25)20(21(26-24)19-14-7-4-8-15-19)23-16-10-9-13-18-11-5-3-6-12-18/h3-8,11-12,14-15,17,23H,9-10,13,16H2,1-2H3. The first-order valence-corrected chi connectivity index (χ1v) is 10.0. The Balaban J connectivity index is 1.67. The summed E-state index contributed by atoms with van der Waals surface area (Å²) in [4.78, 5) is 13.8. The Hall–Kier alpha value is -2.33. The molecular formula is C22H26N2OS. The lowest BCUT2D eigenvalue weighted by atomic mass is 10.1. The first-order valence-electron chi connectivity index (χ1n) is 9.26. The zero-order chi connectivity index (χ0) is 18.4. The molecule has 3 rings (SSSR count). The van der Waals surface area contributed by atoms with E-state index in [2.05, 4.69) is 55.6 Å². The molecule has 0 aliphatic heterocycles. The lowest BCUT2D eigenvalue weighted by Gasteiger charge is -2.06. The van der Waals surface area contributed by atoms with Crippen molar-refractivity contribution in [1.82, 2.24) is 3.96 Å². The van der Waals surface area contributed by atoms with Gasteiger partial charge in [-0.25, -0.2) is 0 Å². The summed E-state index contributed by atoms with van der Waals surface area (Å²) in [6.45, 7) is 4.92. The molecule has 1 N–H and O–H groups in total. The van der Waals surface area contributed by atoms with Gasteiger partial charge in [0.25, 0.3) is 5.56 Å². The molecule has 26 heavy (non-hydrogen) atoms. The topological polar surface area (TPSA) is 34.0 Å². The molecular weight excluding hydrogens is 340 g/mol. The fraction of sp³-hybridized carbons (Fsp3) is 0.318. The van der Waals surface area contributed by atoms with Gasteiger partial charge in [0, 0.05) is 12.6 Å². The number of benzene rings is 2. The Morgan fingerprint density at radius 2 is 1.62 bits per heavy atom. The van der Waals surface area contributed by atoms with Crippen LogP contribution in [-0.2, 0) is 6.42 Å². The van der Waals surface area contributed by atoms with Crippen LogP contribution >= 0.6 is 11.5 Å². The number of aryl methyl sites for hydroxylation is 1. The van der Waals surface area contributed by atoms with E-state index in [1.54, 1.807) is 11.5 Å². The second-order valence-electron chi connectivity index (χ2n) is 6.76. The minimum atomic E-state index is 0.0897. The summed E-state index contributed by atoms with van der Waals surface area (Å²) >= 11 is 1.55. The van der Waals surface area contributed by atoms with Gasteiger partial charge in [0.05, 0.1) is 4.88 Å². The van der Waals surface area contributed by atoms with Crippen LogP contribution in [0.3, 0.4) is 0 Å². The Kier molecular flexibility index (Phi) is 6.29. The Morgan fingerprint density at radius 1 is 0.962 bits per heavy atom. The van der Waals surface area contributed by atoms with E-state index >= 15 is 0 Å². The van der Waals surface area contributed by atoms with E-state index in [0.717, 1.165) is 41.9 Å². The molecule has 1 aromatic heterocycles. The quantitative estimate of drug-likeness (QED) is 0.527. The van der Waals surface area contributed by atoms with E-state index in [1.807, 2.05) is 28.2 Å². The largest absolute Gasteiger partial charge is 0.379 e. The van der Waals surface area contributed by atoms with Crippen molar-refractivity contribution in [3.63, 3.8) is 0 Å². The van der Waals surface area contributed by atoms with Gasteiger partial charge < -0.3 is 5.32 Å². The van der Waals surface area contributed by atoms with E-state index in [9.17, 15) is 4.79 Å². The minimum Gasteiger partial charge on any atom is -0.379 e. The number of nitrogens with one attached hydrogen (secondary N) is 1. The van der Waals surface area contributed by atoms with Crippen molar-refractivity contribution in [3.05, 3.63) is 76.6 Å². The van der Waals surface area contributed by atoms with Crippen LogP contribution in [0.4, 0.5) is 5.69 Å². The molecule has 0 aliphatic carbocycles. The van der Waals surface area contributed by atoms with Gasteiger partial charge in [-0.2, -0.15) is 0 Å². The molecule has 0 bridgehead atoms. The molecule has 3 nitrogen and oxygen atoms in total. The second kappa shape index (κ2) is 8.86. The summed E-state index contributed by atoms with van der Waals surface area (Å²) in [5.74, 6) is 0. The van der Waals surface area contributed by atoms with E-state index in [1.165, 1.54) is 5.56 Å². The minimum absolute atomic E-state index is 0.0897. The maximum Gasteiger partial charge on any atom is 0.284 e. The fourth-order valence-electron chi connectivity index (χ4n) is 2.99. The molecule has 2 aromatic carbocycles. The van der Waals surface area contributed by atoms with Crippen LogP contribution in [0.5, 0.6) is 0 Å². The number of anilines is 1. The van der Waals surface area contributed by atoms with Gasteiger partial charge in [0.1, 0.15) is 5.69 Å². The van der Waals surface area contributed by atoms with Gasteiger partial charge in [-0.05, 0) is 44.2 Å². The highest BCUT2D eigenvalue weighted by molar-refractivity contribution is 7.11. The van der Waals surface area contributed by atoms with Crippen molar-refractivity contribution in [1.29, 1.82) is 0 Å². The SMILES string of the molecule is CC(C)n1sc(-c2ccccc2)c(NCCCCc2ccccc2)c1=O. The third-order valence-electron chi connectivity index (χ3n) is 4.37. The first kappa shape index (κ1) is 18.5. The summed E-state index contributed by atoms with van der Waals surface area (Å²) in [6.07, 6.45) is 3.23. The first-order chi connectivity index (χ1) is 12.7. The van der Waals surface area contributed by atoms with Crippen LogP contribution in [0.15, 0.2) is 65.5 Å². The monoisotopic (exact) mass is 366 g/mol. The molecule has 136 valence electrons. The zero-order valence-electron chi connectivity index (χ0n) is 15.4. The Morgan fingerprint density at radius 3 is 2.27 bits per heavy atom. The van der Waals surface area contributed by atoms with Crippen molar-refractivity contribution in [3.8, 4) is 10.4 Å². The normalized spacial score (nSPS) is 11.0. The summed E-state index contributed by atoms with van der Waals surface area (Å²) in [6, 6.07) is 20.9. The van der Waals surface area contributed by atoms with Crippen molar-refractivity contribution in [2.24, 2.45) is 0 Å². The third kappa shape index (κ3) is 4.44. The van der Waals surface area contributed by atoms with Gasteiger partial charge in [-0.1, -0.05) is 72.2 Å². The van der Waals surface area contributed by atoms with Crippen molar-refractivity contribution in [2.75, 3.05) is 11.9 Å². The highest BCUT2D eigenvalue weighted by Crippen LogP contribution is 2.31. The molecule has 3 aromatic rings. The number of hydrogen-bond acceptors (Lipinski definition) is 3. The predicted molar refractivity (Wildman–Crippen MR) is 112 cm³/mol. The van der Waals surface area contributed by atoms with Crippen molar-refractivity contribution >= 4 is 17.2 Å². The van der Waals surface area contributed by atoms with Crippen LogP contribution < -0.4 is 10.9 Å². The number of aromatic nitrogens is 1. The number of unbranched alkanes of at least 4 members (excludes halogenated alkanes) is 1. The molecule has 0 amide bonds. The van der Waals surface area contributed by atoms with Crippen molar-refractivity contribution < 1.29 is 0 Å². The Labute approximate surface area is 159 Å². The smallest absolute Gasteiger partial charge is 0.284 e. The van der Waals surface area contributed by atoms with E-state index in [-0.39, 0.29) is 11.6 Å². The lowest BCUT2D eigenvalue weighted by Crippen LogP contribution is -2.19. The fourth-order valence-corrected chi connectivity index (χ4v) is 4.06. The van der Waals surface area contributed by atoms with Gasteiger partial charge >= 0.3 is 0 Å². The van der Waals surface area contributed by atoms with Gasteiger partial charge in [0.2, 0.25) is 0 Å². The molecule has 4 heteroatoms. The number of hydrogen-bond donors (Lipinski definition) is 1. The van der Waals surface area contributed by atoms with Gasteiger partial charge in [-0.3, -0.25) is 8.75 Å². The summed E-state index contributed by atoms with van der Waals surface area (Å²) < 4.78 is 1.86. The molecule has 0 atom stereocenters. The molecule has 0 saturated carbocycles. The van der Waals surface area contributed by atoms with Crippen LogP contribution in [0.2, 0.25) is 0 Å². The third-order valence-corrected chi connectivity index (χ3v) is 5.78. The summed E-state index contributed by atoms with van der Waals surface area (Å²) in [7, 11) is 0. The Bertz CT molecular complexity index is 866. The maximum absolute atomic E-state index is 12.8. The highest BCUT2D eigenvalue weighted by atomic mass is 32.1. The van der Waals surface area contributed by atoms with E-state index < -0.39 is 0 Å². The number of rotatable bonds is 8. The molecule has 0 radical (unpaired) electrons. The molecule has 0 saturated heterocycles. The predicted octanol–water partition coefficient (Wildman–Crippen LogP) is 5.59. The average Bonchev–Trinajstić information content (AvgIpc) is 3.00. The van der Waals surface area contributed by atoms with Crippen molar-refractivity contribution in [2.45, 2.75) is 39.2 Å². The highest BCUT2D eigenvalue weighted by Gasteiger charge is 2.17. The number of nitrogens with zero attached hydrogens (tertiary/aromatic N) is 1. The van der Waals surface area contributed by atoms with Gasteiger partial charge in [-0.15, -0.1) is 0 Å². The summed E-state index contributed by atoms with van der Waals surface area (Å²) in [5.41, 5.74) is 3.30. The molecule has 1 heterocycles. The van der Waals surface area contributed by atoms with E-state index in [4.69, 9.17) is 0 Å². The van der Waals surface area contributed by atoms with E-state index in [0.29, 0.717) is 0 Å². The van der Waals surface area contributed by atoms with Crippen LogP contribution in [0.1, 0.15) is 38.3 Å². The molecule has 0 spiro atoms. The second-order valence-corrected chi connectivity index (χ2v) is 7.74. The molecule has 0 aliphatic rings. The van der Waals surface area contributed by atoms with Gasteiger partial charge in [0.15, 0.2) is 0 Å².